The van der Waals surface area contributed by atoms with E-state index in [2.05, 4.69) is 9.97 Å². The van der Waals surface area contributed by atoms with E-state index >= 15 is 0 Å². The highest BCUT2D eigenvalue weighted by molar-refractivity contribution is 7.99. The highest BCUT2D eigenvalue weighted by Gasteiger charge is 2.18. The van der Waals surface area contributed by atoms with Crippen LogP contribution >= 0.6 is 11.8 Å². The summed E-state index contributed by atoms with van der Waals surface area (Å²) in [4.78, 5) is 31.8. The van der Waals surface area contributed by atoms with Gasteiger partial charge in [-0.25, -0.2) is 14.8 Å². The number of hydrogen-bond acceptors (Lipinski definition) is 5. The van der Waals surface area contributed by atoms with Crippen molar-refractivity contribution >= 4 is 17.7 Å². The van der Waals surface area contributed by atoms with Gasteiger partial charge >= 0.3 is 5.97 Å². The van der Waals surface area contributed by atoms with E-state index in [0.29, 0.717) is 22.8 Å². The lowest BCUT2D eigenvalue weighted by molar-refractivity contribution is 0.0691. The van der Waals surface area contributed by atoms with Gasteiger partial charge in [-0.2, -0.15) is 0 Å². The average molecular weight is 305 g/mol. The predicted molar refractivity (Wildman–Crippen MR) is 79.0 cm³/mol. The molecule has 0 aliphatic rings. The van der Waals surface area contributed by atoms with Crippen molar-refractivity contribution in [2.45, 2.75) is 37.4 Å². The Morgan fingerprint density at radius 2 is 2.10 bits per heavy atom. The summed E-state index contributed by atoms with van der Waals surface area (Å²) >= 11 is 0.991. The van der Waals surface area contributed by atoms with E-state index in [1.54, 1.807) is 26.1 Å². The van der Waals surface area contributed by atoms with Gasteiger partial charge in [-0.15, -0.1) is 0 Å². The predicted octanol–water partition coefficient (Wildman–Crippen LogP) is 2.12. The smallest absolute Gasteiger partial charge is 0.338 e. The molecular weight excluding hydrogens is 290 g/mol. The second kappa shape index (κ2) is 6.09. The molecule has 0 saturated carbocycles. The molecule has 2 rings (SSSR count). The Morgan fingerprint density at radius 1 is 1.38 bits per heavy atom. The molecule has 2 heterocycles. The summed E-state index contributed by atoms with van der Waals surface area (Å²) in [5.74, 6) is -1.06. The molecule has 2 aromatic heterocycles. The number of rotatable bonds is 4. The molecule has 2 aromatic rings. The molecule has 0 atom stereocenters. The lowest BCUT2D eigenvalue weighted by Crippen LogP contribution is -2.21. The van der Waals surface area contributed by atoms with Crippen molar-refractivity contribution in [1.29, 1.82) is 0 Å². The van der Waals surface area contributed by atoms with E-state index in [1.807, 2.05) is 6.92 Å². The molecule has 0 fully saturated rings. The molecule has 0 saturated heterocycles. The van der Waals surface area contributed by atoms with Crippen molar-refractivity contribution in [3.8, 4) is 0 Å². The Labute approximate surface area is 125 Å². The van der Waals surface area contributed by atoms with Gasteiger partial charge < -0.3 is 9.67 Å². The van der Waals surface area contributed by atoms with Crippen molar-refractivity contribution < 1.29 is 9.90 Å². The minimum absolute atomic E-state index is 0.110. The Morgan fingerprint density at radius 3 is 2.71 bits per heavy atom. The van der Waals surface area contributed by atoms with Crippen LogP contribution in [-0.4, -0.2) is 25.6 Å². The number of hydrogen-bond donors (Lipinski definition) is 1. The van der Waals surface area contributed by atoms with Gasteiger partial charge in [-0.05, 0) is 44.2 Å². The van der Waals surface area contributed by atoms with Crippen molar-refractivity contribution in [1.82, 2.24) is 14.5 Å². The van der Waals surface area contributed by atoms with Gasteiger partial charge in [0.05, 0.1) is 5.56 Å². The normalized spacial score (nSPS) is 10.6. The van der Waals surface area contributed by atoms with Gasteiger partial charge in [-0.1, -0.05) is 0 Å². The fourth-order valence-electron chi connectivity index (χ4n) is 1.97. The molecule has 0 amide bonds. The zero-order valence-electron chi connectivity index (χ0n) is 12.0. The van der Waals surface area contributed by atoms with Gasteiger partial charge in [-0.3, -0.25) is 4.79 Å². The van der Waals surface area contributed by atoms with E-state index in [9.17, 15) is 14.7 Å². The molecule has 110 valence electrons. The summed E-state index contributed by atoms with van der Waals surface area (Å²) in [7, 11) is 0. The first kappa shape index (κ1) is 15.2. The molecule has 0 aliphatic carbocycles. The van der Waals surface area contributed by atoms with Gasteiger partial charge in [0, 0.05) is 24.6 Å². The van der Waals surface area contributed by atoms with Crippen molar-refractivity contribution in [2.24, 2.45) is 0 Å². The molecule has 1 N–H and O–H groups in total. The quantitative estimate of drug-likeness (QED) is 0.931. The third-order valence-corrected chi connectivity index (χ3v) is 3.90. The van der Waals surface area contributed by atoms with E-state index in [-0.39, 0.29) is 16.1 Å². The monoisotopic (exact) mass is 305 g/mol. The van der Waals surface area contributed by atoms with Gasteiger partial charge in [0.1, 0.15) is 5.03 Å². The third kappa shape index (κ3) is 3.13. The van der Waals surface area contributed by atoms with Gasteiger partial charge in [0.25, 0.3) is 5.56 Å². The highest BCUT2D eigenvalue weighted by atomic mass is 32.2. The maximum atomic E-state index is 12.2. The summed E-state index contributed by atoms with van der Waals surface area (Å²) in [6.45, 7) is 5.88. The fourth-order valence-corrected chi connectivity index (χ4v) is 3.02. The van der Waals surface area contributed by atoms with E-state index in [1.165, 1.54) is 10.8 Å². The minimum atomic E-state index is -1.06. The first-order valence-electron chi connectivity index (χ1n) is 6.38. The van der Waals surface area contributed by atoms with Crippen LogP contribution in [0.4, 0.5) is 0 Å². The Balaban J connectivity index is 2.54. The lowest BCUT2D eigenvalue weighted by Gasteiger charge is -2.09. The molecule has 0 bridgehead atoms. The first-order chi connectivity index (χ1) is 9.93. The van der Waals surface area contributed by atoms with Crippen LogP contribution in [0.5, 0.6) is 0 Å². The summed E-state index contributed by atoms with van der Waals surface area (Å²) < 4.78 is 1.51. The number of aromatic nitrogens is 3. The molecular formula is C14H15N3O3S. The number of pyridine rings is 1. The molecule has 6 nitrogen and oxygen atoms in total. The Kier molecular flexibility index (Phi) is 4.42. The summed E-state index contributed by atoms with van der Waals surface area (Å²) in [5, 5.41) is 9.84. The zero-order valence-corrected chi connectivity index (χ0v) is 12.8. The number of aromatic carboxylic acids is 1. The Hall–Kier alpha value is -2.15. The van der Waals surface area contributed by atoms with E-state index in [4.69, 9.17) is 0 Å². The standard InChI is InChI=1S/C14H15N3O3S/c1-4-17-6-5-15-12(13(17)18)21-11-10(14(19)20)8(2)7-9(3)16-11/h5-7H,4H2,1-3H3,(H,19,20). The number of carboxylic acids is 1. The zero-order chi connectivity index (χ0) is 15.6. The molecule has 0 aliphatic heterocycles. The van der Waals surface area contributed by atoms with Crippen LogP contribution in [0, 0.1) is 13.8 Å². The number of carbonyl (C=O) groups is 1. The number of carboxylic acid groups (broad SMARTS) is 1. The van der Waals surface area contributed by atoms with Crippen LogP contribution < -0.4 is 5.56 Å². The molecule has 0 spiro atoms. The van der Waals surface area contributed by atoms with Crippen molar-refractivity contribution in [3.63, 3.8) is 0 Å². The van der Waals surface area contributed by atoms with Crippen LogP contribution in [0.15, 0.2) is 33.3 Å². The van der Waals surface area contributed by atoms with Crippen LogP contribution in [0.1, 0.15) is 28.5 Å². The Bertz CT molecular complexity index is 756. The first-order valence-corrected chi connectivity index (χ1v) is 7.20. The van der Waals surface area contributed by atoms with E-state index in [0.717, 1.165) is 11.8 Å². The van der Waals surface area contributed by atoms with Crippen molar-refractivity contribution in [3.05, 3.63) is 45.6 Å². The lowest BCUT2D eigenvalue weighted by atomic mass is 10.1. The van der Waals surface area contributed by atoms with Crippen LogP contribution in [0.25, 0.3) is 0 Å². The summed E-state index contributed by atoms with van der Waals surface area (Å²) in [6, 6.07) is 1.70. The highest BCUT2D eigenvalue weighted by Crippen LogP contribution is 2.27. The molecule has 0 aromatic carbocycles. The molecule has 21 heavy (non-hydrogen) atoms. The summed E-state index contributed by atoms with van der Waals surface area (Å²) in [6.07, 6.45) is 3.12. The van der Waals surface area contributed by atoms with Gasteiger partial charge in [0.2, 0.25) is 0 Å². The van der Waals surface area contributed by atoms with Gasteiger partial charge in [0.15, 0.2) is 5.03 Å². The second-order valence-electron chi connectivity index (χ2n) is 4.49. The SMILES string of the molecule is CCn1ccnc(Sc2nc(C)cc(C)c2C(=O)O)c1=O. The van der Waals surface area contributed by atoms with Crippen molar-refractivity contribution in [2.75, 3.05) is 0 Å². The van der Waals surface area contributed by atoms with Crippen LogP contribution in [0.2, 0.25) is 0 Å². The molecule has 7 heteroatoms. The maximum Gasteiger partial charge on any atom is 0.338 e. The number of aryl methyl sites for hydroxylation is 3. The fraction of sp³-hybridized carbons (Fsp3) is 0.286. The second-order valence-corrected chi connectivity index (χ2v) is 5.47. The van der Waals surface area contributed by atoms with E-state index < -0.39 is 5.97 Å². The topological polar surface area (TPSA) is 85.1 Å². The molecule has 0 radical (unpaired) electrons. The third-order valence-electron chi connectivity index (χ3n) is 2.94. The number of nitrogens with zero attached hydrogens (tertiary/aromatic N) is 3. The average Bonchev–Trinajstić information content (AvgIpc) is 2.39. The molecule has 0 unspecified atom stereocenters. The minimum Gasteiger partial charge on any atom is -0.478 e. The maximum absolute atomic E-state index is 12.2. The summed E-state index contributed by atoms with van der Waals surface area (Å²) in [5.41, 5.74) is 1.18. The van der Waals surface area contributed by atoms with Crippen LogP contribution in [0.3, 0.4) is 0 Å². The largest absolute Gasteiger partial charge is 0.478 e. The van der Waals surface area contributed by atoms with Crippen LogP contribution in [-0.2, 0) is 6.54 Å².